The number of β-amino-alcohol motifs (C(OH)–C–C–N with tert-alkyl or cyclic N) is 1. The molecular weight excluding hydrogens is 316 g/mol. The third-order valence-electron chi connectivity index (χ3n) is 5.42. The number of benzene rings is 1. The molecule has 6 heteroatoms. The van der Waals surface area contributed by atoms with E-state index in [1.165, 1.54) is 12.8 Å². The summed E-state index contributed by atoms with van der Waals surface area (Å²) in [5, 5.41) is 10.8. The first-order valence-electron chi connectivity index (χ1n) is 9.27. The van der Waals surface area contributed by atoms with Crippen LogP contribution in [0.2, 0.25) is 0 Å². The molecule has 0 bridgehead atoms. The lowest BCUT2D eigenvalue weighted by molar-refractivity contribution is -0.131. The Morgan fingerprint density at radius 3 is 2.84 bits per heavy atom. The molecule has 2 aliphatic rings. The van der Waals surface area contributed by atoms with Gasteiger partial charge in [0.1, 0.15) is 5.82 Å². The van der Waals surface area contributed by atoms with Gasteiger partial charge in [0.2, 0.25) is 5.91 Å². The molecular formula is C19H26N4O2. The van der Waals surface area contributed by atoms with E-state index in [2.05, 4.69) is 14.9 Å². The minimum absolute atomic E-state index is 0.109. The third kappa shape index (κ3) is 3.70. The van der Waals surface area contributed by atoms with Crippen molar-refractivity contribution in [3.63, 3.8) is 0 Å². The first kappa shape index (κ1) is 16.5. The minimum Gasteiger partial charge on any atom is -0.387 e. The van der Waals surface area contributed by atoms with Gasteiger partial charge in [-0.2, -0.15) is 0 Å². The van der Waals surface area contributed by atoms with Crippen LogP contribution in [0.4, 0.5) is 0 Å². The standard InChI is InChI=1S/C19H26N4O2/c24-18(8-7-17-20-15-5-1-2-6-16(15)21-17)23-12-9-19(25,14-23)13-22-10-3-4-11-22/h1-2,5-6,25H,3-4,7-14H2,(H,20,21)/t19-/m0/s1. The maximum atomic E-state index is 12.5. The number of carbonyl (C=O) groups excluding carboxylic acids is 1. The number of rotatable bonds is 5. The summed E-state index contributed by atoms with van der Waals surface area (Å²) < 4.78 is 0. The van der Waals surface area contributed by atoms with Crippen molar-refractivity contribution in [2.75, 3.05) is 32.7 Å². The molecule has 0 radical (unpaired) electrons. The summed E-state index contributed by atoms with van der Waals surface area (Å²) in [6.45, 7) is 3.96. The number of aliphatic hydroxyl groups is 1. The Balaban J connectivity index is 1.30. The molecule has 1 aromatic carbocycles. The van der Waals surface area contributed by atoms with E-state index in [1.54, 1.807) is 0 Å². The first-order chi connectivity index (χ1) is 12.1. The number of H-pyrrole nitrogens is 1. The number of likely N-dealkylation sites (tertiary alicyclic amines) is 2. The van der Waals surface area contributed by atoms with Gasteiger partial charge in [-0.15, -0.1) is 0 Å². The van der Waals surface area contributed by atoms with E-state index >= 15 is 0 Å². The normalized spacial score (nSPS) is 24.4. The van der Waals surface area contributed by atoms with Gasteiger partial charge in [0.05, 0.1) is 23.2 Å². The van der Waals surface area contributed by atoms with Crippen molar-refractivity contribution in [2.45, 2.75) is 37.7 Å². The van der Waals surface area contributed by atoms with Gasteiger partial charge in [-0.05, 0) is 44.5 Å². The molecule has 2 aromatic rings. The summed E-state index contributed by atoms with van der Waals surface area (Å²) in [5.74, 6) is 0.957. The Morgan fingerprint density at radius 2 is 2.04 bits per heavy atom. The van der Waals surface area contributed by atoms with Crippen LogP contribution in [0.15, 0.2) is 24.3 Å². The number of fused-ring (bicyclic) bond motifs is 1. The van der Waals surface area contributed by atoms with Crippen LogP contribution < -0.4 is 0 Å². The van der Waals surface area contributed by atoms with E-state index in [1.807, 2.05) is 29.2 Å². The number of aryl methyl sites for hydroxylation is 1. The first-order valence-corrected chi connectivity index (χ1v) is 9.27. The van der Waals surface area contributed by atoms with Gasteiger partial charge in [-0.1, -0.05) is 12.1 Å². The fourth-order valence-corrected chi connectivity index (χ4v) is 4.06. The van der Waals surface area contributed by atoms with Crippen molar-refractivity contribution in [2.24, 2.45) is 0 Å². The number of para-hydroxylation sites is 2. The van der Waals surface area contributed by atoms with Crippen molar-refractivity contribution in [1.82, 2.24) is 19.8 Å². The maximum absolute atomic E-state index is 12.5. The molecule has 134 valence electrons. The van der Waals surface area contributed by atoms with Crippen molar-refractivity contribution < 1.29 is 9.90 Å². The van der Waals surface area contributed by atoms with Crippen molar-refractivity contribution in [3.8, 4) is 0 Å². The summed E-state index contributed by atoms with van der Waals surface area (Å²) in [6, 6.07) is 7.90. The average Bonchev–Trinajstić information content (AvgIpc) is 3.32. The van der Waals surface area contributed by atoms with Gasteiger partial charge in [0.15, 0.2) is 0 Å². The van der Waals surface area contributed by atoms with E-state index in [4.69, 9.17) is 0 Å². The van der Waals surface area contributed by atoms with Crippen molar-refractivity contribution in [3.05, 3.63) is 30.1 Å². The monoisotopic (exact) mass is 342 g/mol. The highest BCUT2D eigenvalue weighted by Crippen LogP contribution is 2.25. The number of hydrogen-bond acceptors (Lipinski definition) is 4. The van der Waals surface area contributed by atoms with Crippen LogP contribution in [0, 0.1) is 0 Å². The number of carbonyl (C=O) groups is 1. The predicted octanol–water partition coefficient (Wildman–Crippen LogP) is 1.55. The fraction of sp³-hybridized carbons (Fsp3) is 0.579. The maximum Gasteiger partial charge on any atom is 0.223 e. The number of nitrogens with zero attached hydrogens (tertiary/aromatic N) is 3. The SMILES string of the molecule is O=C(CCc1nc2ccccc2[nH]1)N1CC[C@](O)(CN2CCCC2)C1. The zero-order valence-corrected chi connectivity index (χ0v) is 14.6. The molecule has 2 N–H and O–H groups in total. The molecule has 0 aliphatic carbocycles. The van der Waals surface area contributed by atoms with E-state index in [0.29, 0.717) is 38.9 Å². The van der Waals surface area contributed by atoms with Gasteiger partial charge < -0.3 is 19.9 Å². The molecule has 3 heterocycles. The molecule has 0 saturated carbocycles. The second kappa shape index (κ2) is 6.77. The quantitative estimate of drug-likeness (QED) is 0.865. The highest BCUT2D eigenvalue weighted by Gasteiger charge is 2.39. The van der Waals surface area contributed by atoms with Gasteiger partial charge in [0.25, 0.3) is 0 Å². The third-order valence-corrected chi connectivity index (χ3v) is 5.42. The molecule has 6 nitrogen and oxygen atoms in total. The molecule has 1 amide bonds. The number of amides is 1. The largest absolute Gasteiger partial charge is 0.387 e. The Hall–Kier alpha value is -1.92. The van der Waals surface area contributed by atoms with Crippen LogP contribution in [0.3, 0.4) is 0 Å². The van der Waals surface area contributed by atoms with E-state index < -0.39 is 5.60 Å². The van der Waals surface area contributed by atoms with E-state index in [9.17, 15) is 9.90 Å². The van der Waals surface area contributed by atoms with Crippen LogP contribution in [-0.2, 0) is 11.2 Å². The van der Waals surface area contributed by atoms with Gasteiger partial charge in [-0.3, -0.25) is 4.79 Å². The lowest BCUT2D eigenvalue weighted by Gasteiger charge is -2.28. The fourth-order valence-electron chi connectivity index (χ4n) is 4.06. The van der Waals surface area contributed by atoms with Crippen LogP contribution in [0.5, 0.6) is 0 Å². The topological polar surface area (TPSA) is 72.5 Å². The summed E-state index contributed by atoms with van der Waals surface area (Å²) >= 11 is 0. The lowest BCUT2D eigenvalue weighted by Crippen LogP contribution is -2.45. The van der Waals surface area contributed by atoms with Crippen LogP contribution >= 0.6 is 0 Å². The second-order valence-corrected chi connectivity index (χ2v) is 7.47. The number of aromatic nitrogens is 2. The highest BCUT2D eigenvalue weighted by molar-refractivity contribution is 5.77. The predicted molar refractivity (Wildman–Crippen MR) is 96.2 cm³/mol. The Bertz CT molecular complexity index is 720. The zero-order valence-electron chi connectivity index (χ0n) is 14.6. The Morgan fingerprint density at radius 1 is 1.24 bits per heavy atom. The molecule has 1 aromatic heterocycles. The van der Waals surface area contributed by atoms with Crippen LogP contribution in [0.1, 0.15) is 31.5 Å². The molecule has 1 atom stereocenters. The smallest absolute Gasteiger partial charge is 0.223 e. The van der Waals surface area contributed by atoms with Crippen LogP contribution in [-0.4, -0.2) is 69.1 Å². The van der Waals surface area contributed by atoms with Crippen molar-refractivity contribution in [1.29, 1.82) is 0 Å². The second-order valence-electron chi connectivity index (χ2n) is 7.47. The summed E-state index contributed by atoms with van der Waals surface area (Å²) in [5.41, 5.74) is 1.21. The van der Waals surface area contributed by atoms with E-state index in [-0.39, 0.29) is 5.91 Å². The molecule has 0 spiro atoms. The summed E-state index contributed by atoms with van der Waals surface area (Å²) in [4.78, 5) is 24.5. The highest BCUT2D eigenvalue weighted by atomic mass is 16.3. The Labute approximate surface area is 147 Å². The summed E-state index contributed by atoms with van der Waals surface area (Å²) in [6.07, 6.45) is 4.15. The van der Waals surface area contributed by atoms with Crippen molar-refractivity contribution >= 4 is 16.9 Å². The number of hydrogen-bond donors (Lipinski definition) is 2. The van der Waals surface area contributed by atoms with Gasteiger partial charge in [-0.25, -0.2) is 4.98 Å². The molecule has 0 unspecified atom stereocenters. The van der Waals surface area contributed by atoms with Crippen LogP contribution in [0.25, 0.3) is 11.0 Å². The number of aromatic amines is 1. The van der Waals surface area contributed by atoms with Gasteiger partial charge >= 0.3 is 0 Å². The minimum atomic E-state index is -0.737. The number of nitrogens with one attached hydrogen (secondary N) is 1. The molecule has 25 heavy (non-hydrogen) atoms. The molecule has 2 saturated heterocycles. The van der Waals surface area contributed by atoms with Gasteiger partial charge in [0, 0.05) is 25.9 Å². The Kier molecular flexibility index (Phi) is 4.48. The van der Waals surface area contributed by atoms with E-state index in [0.717, 1.165) is 29.9 Å². The zero-order chi connectivity index (χ0) is 17.3. The molecule has 2 fully saturated rings. The summed E-state index contributed by atoms with van der Waals surface area (Å²) in [7, 11) is 0. The number of imidazole rings is 1. The molecule has 4 rings (SSSR count). The average molecular weight is 342 g/mol. The lowest BCUT2D eigenvalue weighted by atomic mass is 10.0. The molecule has 2 aliphatic heterocycles.